The topological polar surface area (TPSA) is 66.9 Å². The highest BCUT2D eigenvalue weighted by Crippen LogP contribution is 2.19. The smallest absolute Gasteiger partial charge is 0.260 e. The maximum absolute atomic E-state index is 12.2. The largest absolute Gasteiger partial charge is 0.484 e. The summed E-state index contributed by atoms with van der Waals surface area (Å²) in [7, 11) is -2.87. The molecule has 1 aromatic carbocycles. The van der Waals surface area contributed by atoms with Crippen LogP contribution in [0.2, 0.25) is 5.02 Å². The summed E-state index contributed by atoms with van der Waals surface area (Å²) in [4.78, 5) is 16.2. The van der Waals surface area contributed by atoms with Crippen LogP contribution in [-0.2, 0) is 14.6 Å². The number of amides is 1. The Bertz CT molecular complexity index is 685. The van der Waals surface area contributed by atoms with Crippen molar-refractivity contribution < 1.29 is 17.9 Å². The lowest BCUT2D eigenvalue weighted by Crippen LogP contribution is -2.53. The SMILES string of the molecule is O=C(COc1ccc(Cl)cc1)N1CCN([C@@H]2CCS(=O)(=O)C2)CC1. The van der Waals surface area contributed by atoms with Crippen LogP contribution < -0.4 is 4.74 Å². The van der Waals surface area contributed by atoms with E-state index in [0.29, 0.717) is 43.4 Å². The number of carbonyl (C=O) groups is 1. The zero-order chi connectivity index (χ0) is 17.2. The van der Waals surface area contributed by atoms with Gasteiger partial charge in [-0.05, 0) is 30.7 Å². The molecule has 0 bridgehead atoms. The third-order valence-corrected chi connectivity index (χ3v) is 6.57. The lowest BCUT2D eigenvalue weighted by molar-refractivity contribution is -0.135. The van der Waals surface area contributed by atoms with E-state index < -0.39 is 9.84 Å². The Morgan fingerprint density at radius 2 is 1.83 bits per heavy atom. The van der Waals surface area contributed by atoms with E-state index in [1.807, 2.05) is 0 Å². The second-order valence-electron chi connectivity index (χ2n) is 6.22. The molecule has 0 N–H and O–H groups in total. The minimum atomic E-state index is -2.87. The van der Waals surface area contributed by atoms with E-state index in [2.05, 4.69) is 4.90 Å². The summed E-state index contributed by atoms with van der Waals surface area (Å²) < 4.78 is 28.6. The maximum atomic E-state index is 12.2. The zero-order valence-electron chi connectivity index (χ0n) is 13.4. The number of piperazine rings is 1. The van der Waals surface area contributed by atoms with Crippen LogP contribution >= 0.6 is 11.6 Å². The van der Waals surface area contributed by atoms with Gasteiger partial charge < -0.3 is 9.64 Å². The summed E-state index contributed by atoms with van der Waals surface area (Å²) in [5, 5.41) is 0.624. The van der Waals surface area contributed by atoms with Crippen LogP contribution in [0.25, 0.3) is 0 Å². The monoisotopic (exact) mass is 372 g/mol. The molecule has 0 aromatic heterocycles. The predicted molar refractivity (Wildman–Crippen MR) is 92.2 cm³/mol. The van der Waals surface area contributed by atoms with Crippen molar-refractivity contribution in [3.63, 3.8) is 0 Å². The molecule has 2 saturated heterocycles. The van der Waals surface area contributed by atoms with Gasteiger partial charge in [0.2, 0.25) is 0 Å². The Morgan fingerprint density at radius 1 is 1.17 bits per heavy atom. The van der Waals surface area contributed by atoms with Crippen LogP contribution in [-0.4, -0.2) is 74.5 Å². The molecule has 24 heavy (non-hydrogen) atoms. The van der Waals surface area contributed by atoms with E-state index >= 15 is 0 Å². The fourth-order valence-corrected chi connectivity index (χ4v) is 5.05. The number of halogens is 1. The number of ether oxygens (including phenoxy) is 1. The summed E-state index contributed by atoms with van der Waals surface area (Å²) >= 11 is 5.81. The fraction of sp³-hybridized carbons (Fsp3) is 0.562. The molecule has 2 aliphatic rings. The number of rotatable bonds is 4. The van der Waals surface area contributed by atoms with Gasteiger partial charge in [0.25, 0.3) is 5.91 Å². The van der Waals surface area contributed by atoms with Gasteiger partial charge in [0, 0.05) is 37.2 Å². The minimum absolute atomic E-state index is 0.000555. The Labute approximate surface area is 147 Å². The highest BCUT2D eigenvalue weighted by Gasteiger charge is 2.34. The molecule has 6 nitrogen and oxygen atoms in total. The molecule has 0 unspecified atom stereocenters. The van der Waals surface area contributed by atoms with Gasteiger partial charge in [-0.15, -0.1) is 0 Å². The molecule has 0 radical (unpaired) electrons. The molecule has 3 rings (SSSR count). The molecule has 1 aromatic rings. The highest BCUT2D eigenvalue weighted by atomic mass is 35.5. The molecular weight excluding hydrogens is 352 g/mol. The third-order valence-electron chi connectivity index (χ3n) is 4.57. The lowest BCUT2D eigenvalue weighted by atomic mass is 10.2. The molecule has 2 fully saturated rings. The van der Waals surface area contributed by atoms with Gasteiger partial charge in [0.1, 0.15) is 5.75 Å². The van der Waals surface area contributed by atoms with E-state index in [0.717, 1.165) is 0 Å². The van der Waals surface area contributed by atoms with Crippen molar-refractivity contribution in [2.24, 2.45) is 0 Å². The maximum Gasteiger partial charge on any atom is 0.260 e. The zero-order valence-corrected chi connectivity index (χ0v) is 14.9. The number of benzene rings is 1. The van der Waals surface area contributed by atoms with E-state index in [1.54, 1.807) is 29.2 Å². The second kappa shape index (κ2) is 7.29. The molecular formula is C16H21ClN2O4S. The molecule has 2 aliphatic heterocycles. The number of sulfone groups is 1. The number of carbonyl (C=O) groups excluding carboxylic acids is 1. The first-order valence-electron chi connectivity index (χ1n) is 8.03. The Kier molecular flexibility index (Phi) is 5.32. The van der Waals surface area contributed by atoms with Crippen molar-refractivity contribution in [3.8, 4) is 5.75 Å². The van der Waals surface area contributed by atoms with Gasteiger partial charge in [-0.3, -0.25) is 9.69 Å². The number of hydrogen-bond acceptors (Lipinski definition) is 5. The standard InChI is InChI=1S/C16H21ClN2O4S/c17-13-1-3-15(4-2-13)23-11-16(20)19-8-6-18(7-9-19)14-5-10-24(21,22)12-14/h1-4,14H,5-12H2/t14-/m1/s1. The van der Waals surface area contributed by atoms with Crippen LogP contribution in [0.4, 0.5) is 0 Å². The summed E-state index contributed by atoms with van der Waals surface area (Å²) in [6.07, 6.45) is 0.704. The van der Waals surface area contributed by atoms with E-state index in [-0.39, 0.29) is 30.1 Å². The first-order valence-corrected chi connectivity index (χ1v) is 10.2. The van der Waals surface area contributed by atoms with E-state index in [1.165, 1.54) is 0 Å². The first-order chi connectivity index (χ1) is 11.4. The van der Waals surface area contributed by atoms with Gasteiger partial charge in [0.15, 0.2) is 16.4 Å². The fourth-order valence-electron chi connectivity index (χ4n) is 3.17. The van der Waals surface area contributed by atoms with Crippen LogP contribution in [0.15, 0.2) is 24.3 Å². The van der Waals surface area contributed by atoms with Gasteiger partial charge in [-0.25, -0.2) is 8.42 Å². The molecule has 2 heterocycles. The van der Waals surface area contributed by atoms with Crippen LogP contribution in [0.1, 0.15) is 6.42 Å². The van der Waals surface area contributed by atoms with Crippen molar-refractivity contribution in [2.75, 3.05) is 44.3 Å². The summed E-state index contributed by atoms with van der Waals surface area (Å²) in [6.45, 7) is 2.65. The number of nitrogens with zero attached hydrogens (tertiary/aromatic N) is 2. The summed E-state index contributed by atoms with van der Waals surface area (Å²) in [6, 6.07) is 7.01. The predicted octanol–water partition coefficient (Wildman–Crippen LogP) is 1.05. The summed E-state index contributed by atoms with van der Waals surface area (Å²) in [5.41, 5.74) is 0. The van der Waals surface area contributed by atoms with Gasteiger partial charge >= 0.3 is 0 Å². The molecule has 1 amide bonds. The first kappa shape index (κ1) is 17.5. The van der Waals surface area contributed by atoms with Crippen molar-refractivity contribution >= 4 is 27.3 Å². The molecule has 132 valence electrons. The Balaban J connectivity index is 1.44. The number of hydrogen-bond donors (Lipinski definition) is 0. The van der Waals surface area contributed by atoms with Gasteiger partial charge in [-0.2, -0.15) is 0 Å². The Morgan fingerprint density at radius 3 is 2.42 bits per heavy atom. The molecule has 1 atom stereocenters. The van der Waals surface area contributed by atoms with E-state index in [4.69, 9.17) is 16.3 Å². The average Bonchev–Trinajstić information content (AvgIpc) is 2.94. The molecule has 8 heteroatoms. The normalized spacial score (nSPS) is 24.0. The quantitative estimate of drug-likeness (QED) is 0.790. The second-order valence-corrected chi connectivity index (χ2v) is 8.88. The lowest BCUT2D eigenvalue weighted by Gasteiger charge is -2.37. The van der Waals surface area contributed by atoms with Crippen LogP contribution in [0.5, 0.6) is 5.75 Å². The van der Waals surface area contributed by atoms with Gasteiger partial charge in [-0.1, -0.05) is 11.6 Å². The third kappa shape index (κ3) is 4.40. The van der Waals surface area contributed by atoms with Crippen molar-refractivity contribution in [2.45, 2.75) is 12.5 Å². The highest BCUT2D eigenvalue weighted by molar-refractivity contribution is 7.91. The minimum Gasteiger partial charge on any atom is -0.484 e. The molecule has 0 spiro atoms. The van der Waals surface area contributed by atoms with Crippen molar-refractivity contribution in [1.82, 2.24) is 9.80 Å². The Hall–Kier alpha value is -1.31. The molecule has 0 saturated carbocycles. The van der Waals surface area contributed by atoms with Crippen LogP contribution in [0.3, 0.4) is 0 Å². The van der Waals surface area contributed by atoms with Crippen LogP contribution in [0, 0.1) is 0 Å². The molecule has 0 aliphatic carbocycles. The van der Waals surface area contributed by atoms with Crippen molar-refractivity contribution in [3.05, 3.63) is 29.3 Å². The van der Waals surface area contributed by atoms with Gasteiger partial charge in [0.05, 0.1) is 11.5 Å². The average molecular weight is 373 g/mol. The van der Waals surface area contributed by atoms with Crippen molar-refractivity contribution in [1.29, 1.82) is 0 Å². The summed E-state index contributed by atoms with van der Waals surface area (Å²) in [5.74, 6) is 1.10. The van der Waals surface area contributed by atoms with E-state index in [9.17, 15) is 13.2 Å².